The minimum absolute atomic E-state index is 0.171. The Bertz CT molecular complexity index is 665. The average molecular weight is 280 g/mol. The molecule has 5 nitrogen and oxygen atoms in total. The molecule has 0 amide bonds. The first kappa shape index (κ1) is 11.5. The van der Waals surface area contributed by atoms with Gasteiger partial charge in [-0.1, -0.05) is 0 Å². The summed E-state index contributed by atoms with van der Waals surface area (Å²) in [5, 5.41) is 20.5. The summed E-state index contributed by atoms with van der Waals surface area (Å²) >= 11 is 1.34. The van der Waals surface area contributed by atoms with Crippen molar-refractivity contribution in [2.75, 3.05) is 12.3 Å². The van der Waals surface area contributed by atoms with Crippen LogP contribution in [0.25, 0.3) is 10.2 Å². The number of phenolic OH excluding ortho intramolecular Hbond substituents is 1. The number of aliphatic imine (C=N–C) groups is 1. The SMILES string of the molecule is O=C([O-])[S+]1CCN=C1c1nc2ccc(O)cc2s1. The normalized spacial score (nSPS) is 19.1. The van der Waals surface area contributed by atoms with Crippen LogP contribution in [-0.4, -0.2) is 32.7 Å². The highest BCUT2D eigenvalue weighted by atomic mass is 32.2. The number of aromatic hydroxyl groups is 1. The molecule has 0 bridgehead atoms. The highest BCUT2D eigenvalue weighted by molar-refractivity contribution is 8.23. The first-order valence-corrected chi connectivity index (χ1v) is 7.42. The van der Waals surface area contributed by atoms with Crippen LogP contribution >= 0.6 is 11.3 Å². The van der Waals surface area contributed by atoms with Gasteiger partial charge in [0.2, 0.25) is 0 Å². The van der Waals surface area contributed by atoms with E-state index in [-0.39, 0.29) is 5.75 Å². The largest absolute Gasteiger partial charge is 0.508 e. The molecule has 0 spiro atoms. The van der Waals surface area contributed by atoms with Crippen molar-refractivity contribution in [3.05, 3.63) is 23.2 Å². The molecule has 0 saturated heterocycles. The van der Waals surface area contributed by atoms with Crippen molar-refractivity contribution in [1.82, 2.24) is 4.98 Å². The van der Waals surface area contributed by atoms with Gasteiger partial charge in [-0.05, 0) is 18.2 Å². The number of carbonyl (C=O) groups is 1. The molecule has 1 N–H and O–H groups in total. The molecule has 0 fully saturated rings. The van der Waals surface area contributed by atoms with Crippen LogP contribution in [0.15, 0.2) is 23.2 Å². The molecule has 92 valence electrons. The van der Waals surface area contributed by atoms with Gasteiger partial charge in [0.15, 0.2) is 5.01 Å². The van der Waals surface area contributed by atoms with Crippen molar-refractivity contribution in [2.24, 2.45) is 4.99 Å². The monoisotopic (exact) mass is 280 g/mol. The van der Waals surface area contributed by atoms with Crippen LogP contribution in [0, 0.1) is 0 Å². The van der Waals surface area contributed by atoms with Gasteiger partial charge in [0.1, 0.15) is 22.4 Å². The van der Waals surface area contributed by atoms with Crippen molar-refractivity contribution in [2.45, 2.75) is 0 Å². The number of fused-ring (bicyclic) bond motifs is 1. The molecule has 0 aliphatic carbocycles. The lowest BCUT2D eigenvalue weighted by molar-refractivity contribution is -0.232. The second-order valence-electron chi connectivity index (χ2n) is 3.70. The Balaban J connectivity index is 2.07. The number of carbonyl (C=O) groups excluding carboxylic acids is 1. The molecular weight excluding hydrogens is 272 g/mol. The third-order valence-electron chi connectivity index (χ3n) is 2.54. The molecular formula is C11H8N2O3S2. The van der Waals surface area contributed by atoms with Crippen LogP contribution in [0.3, 0.4) is 0 Å². The lowest BCUT2D eigenvalue weighted by Crippen LogP contribution is -2.35. The van der Waals surface area contributed by atoms with Gasteiger partial charge in [0.05, 0.1) is 16.8 Å². The smallest absolute Gasteiger partial charge is 0.285 e. The van der Waals surface area contributed by atoms with Gasteiger partial charge in [-0.15, -0.1) is 11.3 Å². The standard InChI is InChI=1S/C11H8N2O3S2/c14-6-1-2-7-8(5-6)17-9(13-7)10-12-3-4-18(10)11(15)16/h1-2,5H,3-4H2,(H-,12,14,15,16). The van der Waals surface area contributed by atoms with Crippen LogP contribution in [0.5, 0.6) is 5.75 Å². The first-order chi connectivity index (χ1) is 8.65. The molecule has 1 atom stereocenters. The Kier molecular flexibility index (Phi) is 2.71. The molecule has 1 aromatic carbocycles. The molecule has 0 saturated carbocycles. The van der Waals surface area contributed by atoms with Gasteiger partial charge in [0, 0.05) is 0 Å². The fourth-order valence-electron chi connectivity index (χ4n) is 1.75. The molecule has 3 rings (SSSR count). The molecule has 1 aromatic heterocycles. The fourth-order valence-corrected chi connectivity index (χ4v) is 4.38. The van der Waals surface area contributed by atoms with Crippen molar-refractivity contribution in [1.29, 1.82) is 0 Å². The summed E-state index contributed by atoms with van der Waals surface area (Å²) in [7, 11) is -0.959. The minimum Gasteiger partial charge on any atom is -0.508 e. The van der Waals surface area contributed by atoms with E-state index in [4.69, 9.17) is 0 Å². The predicted octanol–water partition coefficient (Wildman–Crippen LogP) is 0.724. The highest BCUT2D eigenvalue weighted by Gasteiger charge is 2.37. The number of phenols is 1. The van der Waals surface area contributed by atoms with Crippen molar-refractivity contribution >= 4 is 42.8 Å². The van der Waals surface area contributed by atoms with Gasteiger partial charge >= 0.3 is 0 Å². The Morgan fingerprint density at radius 2 is 2.33 bits per heavy atom. The molecule has 2 aromatic rings. The van der Waals surface area contributed by atoms with E-state index >= 15 is 0 Å². The number of hydrogen-bond acceptors (Lipinski definition) is 6. The molecule has 1 unspecified atom stereocenters. The predicted molar refractivity (Wildman–Crippen MR) is 70.3 cm³/mol. The zero-order valence-corrected chi connectivity index (χ0v) is 10.8. The van der Waals surface area contributed by atoms with Crippen LogP contribution < -0.4 is 5.11 Å². The number of benzene rings is 1. The molecule has 18 heavy (non-hydrogen) atoms. The number of carboxylic acid groups (broad SMARTS) is 1. The summed E-state index contributed by atoms with van der Waals surface area (Å²) in [5.74, 6) is 0.670. The molecule has 2 heterocycles. The van der Waals surface area contributed by atoms with Crippen LogP contribution in [-0.2, 0) is 10.9 Å². The maximum Gasteiger partial charge on any atom is 0.285 e. The molecule has 1 aliphatic rings. The summed E-state index contributed by atoms with van der Waals surface area (Å²) in [6.07, 6.45) is 0. The van der Waals surface area contributed by atoms with E-state index in [1.807, 2.05) is 0 Å². The average Bonchev–Trinajstić information content (AvgIpc) is 2.93. The van der Waals surface area contributed by atoms with E-state index in [1.54, 1.807) is 18.2 Å². The number of nitrogens with zero attached hydrogens (tertiary/aromatic N) is 2. The number of thiazole rings is 1. The fraction of sp³-hybridized carbons (Fsp3) is 0.182. The lowest BCUT2D eigenvalue weighted by atomic mass is 10.3. The van der Waals surface area contributed by atoms with E-state index < -0.39 is 16.2 Å². The van der Waals surface area contributed by atoms with E-state index in [9.17, 15) is 15.0 Å². The summed E-state index contributed by atoms with van der Waals surface area (Å²) in [4.78, 5) is 19.6. The second kappa shape index (κ2) is 4.25. The Morgan fingerprint density at radius 1 is 1.50 bits per heavy atom. The zero-order chi connectivity index (χ0) is 12.7. The third kappa shape index (κ3) is 1.85. The Morgan fingerprint density at radius 3 is 3.11 bits per heavy atom. The summed E-state index contributed by atoms with van der Waals surface area (Å²) in [6.45, 7) is 0.508. The van der Waals surface area contributed by atoms with E-state index in [0.717, 1.165) is 10.2 Å². The molecule has 7 heteroatoms. The van der Waals surface area contributed by atoms with Gasteiger partial charge in [-0.25, -0.2) is 9.98 Å². The summed E-state index contributed by atoms with van der Waals surface area (Å²) in [5.41, 5.74) is 0.740. The maximum atomic E-state index is 11.0. The quantitative estimate of drug-likeness (QED) is 0.780. The number of rotatable bonds is 1. The van der Waals surface area contributed by atoms with E-state index in [0.29, 0.717) is 22.3 Å². The molecule has 0 radical (unpaired) electrons. The first-order valence-electron chi connectivity index (χ1n) is 5.21. The van der Waals surface area contributed by atoms with Gasteiger partial charge < -0.3 is 15.0 Å². The van der Waals surface area contributed by atoms with Crippen molar-refractivity contribution in [3.8, 4) is 5.75 Å². The van der Waals surface area contributed by atoms with Gasteiger partial charge in [-0.3, -0.25) is 0 Å². The van der Waals surface area contributed by atoms with Gasteiger partial charge in [0.25, 0.3) is 10.3 Å². The Labute approximate surface area is 109 Å². The lowest BCUT2D eigenvalue weighted by Gasteiger charge is -1.99. The maximum absolute atomic E-state index is 11.0. The van der Waals surface area contributed by atoms with Gasteiger partial charge in [-0.2, -0.15) is 0 Å². The highest BCUT2D eigenvalue weighted by Crippen LogP contribution is 2.28. The zero-order valence-electron chi connectivity index (χ0n) is 9.12. The number of aromatic nitrogens is 1. The Hall–Kier alpha value is -1.60. The summed E-state index contributed by atoms with van der Waals surface area (Å²) < 4.78 is 0.821. The van der Waals surface area contributed by atoms with Crippen molar-refractivity contribution < 1.29 is 15.0 Å². The van der Waals surface area contributed by atoms with Crippen LogP contribution in [0.2, 0.25) is 0 Å². The number of hydrogen-bond donors (Lipinski definition) is 1. The topological polar surface area (TPSA) is 85.6 Å². The van der Waals surface area contributed by atoms with Crippen LogP contribution in [0.4, 0.5) is 4.79 Å². The third-order valence-corrected chi connectivity index (χ3v) is 5.48. The minimum atomic E-state index is -1.08. The van der Waals surface area contributed by atoms with Crippen LogP contribution in [0.1, 0.15) is 5.01 Å². The van der Waals surface area contributed by atoms with Crippen molar-refractivity contribution in [3.63, 3.8) is 0 Å². The summed E-state index contributed by atoms with van der Waals surface area (Å²) in [6, 6.07) is 4.88. The second-order valence-corrected chi connectivity index (χ2v) is 6.64. The van der Waals surface area contributed by atoms with E-state index in [2.05, 4.69) is 9.98 Å². The van der Waals surface area contributed by atoms with E-state index in [1.165, 1.54) is 11.3 Å². The molecule has 1 aliphatic heterocycles.